The van der Waals surface area contributed by atoms with Crippen LogP contribution < -0.4 is 5.73 Å². The van der Waals surface area contributed by atoms with E-state index < -0.39 is 0 Å². The van der Waals surface area contributed by atoms with Gasteiger partial charge in [-0.2, -0.15) is 0 Å². The predicted octanol–water partition coefficient (Wildman–Crippen LogP) is 4.44. The number of aromatic nitrogens is 1. The summed E-state index contributed by atoms with van der Waals surface area (Å²) in [5, 5.41) is 1.12. The first kappa shape index (κ1) is 13.8. The summed E-state index contributed by atoms with van der Waals surface area (Å²) in [6.45, 7) is 7.33. The molecule has 1 aromatic heterocycles. The summed E-state index contributed by atoms with van der Waals surface area (Å²) in [6.07, 6.45) is 2.55. The summed E-state index contributed by atoms with van der Waals surface area (Å²) in [5.41, 5.74) is 9.89. The largest absolute Gasteiger partial charge is 0.326 e. The molecule has 0 amide bonds. The van der Waals surface area contributed by atoms with Gasteiger partial charge < -0.3 is 5.73 Å². The normalized spacial score (nSPS) is 15.6. The number of hydrogen-bond donors (Lipinski definition) is 1. The lowest BCUT2D eigenvalue weighted by Gasteiger charge is -2.18. The molecule has 1 aliphatic carbocycles. The van der Waals surface area contributed by atoms with E-state index in [4.69, 9.17) is 10.7 Å². The first-order chi connectivity index (χ1) is 9.49. The van der Waals surface area contributed by atoms with Crippen LogP contribution >= 0.6 is 11.3 Å². The number of hydrogen-bond acceptors (Lipinski definition) is 3. The van der Waals surface area contributed by atoms with E-state index in [-0.39, 0.29) is 5.41 Å². The van der Waals surface area contributed by atoms with Gasteiger partial charge in [0.05, 0.1) is 5.69 Å². The molecule has 2 aromatic rings. The highest BCUT2D eigenvalue weighted by molar-refractivity contribution is 7.15. The summed E-state index contributed by atoms with van der Waals surface area (Å²) in [5.74, 6) is 0.674. The molecule has 2 nitrogen and oxygen atoms in total. The Morgan fingerprint density at radius 3 is 2.35 bits per heavy atom. The Kier molecular flexibility index (Phi) is 3.43. The second-order valence-electron chi connectivity index (χ2n) is 6.63. The van der Waals surface area contributed by atoms with Crippen LogP contribution in [-0.4, -0.2) is 4.98 Å². The van der Waals surface area contributed by atoms with Crippen molar-refractivity contribution in [2.24, 2.45) is 5.73 Å². The lowest BCUT2D eigenvalue weighted by atomic mass is 9.87. The smallest absolute Gasteiger partial charge is 0.123 e. The van der Waals surface area contributed by atoms with Gasteiger partial charge in [-0.05, 0) is 23.8 Å². The molecule has 3 rings (SSSR count). The van der Waals surface area contributed by atoms with Gasteiger partial charge in [-0.15, -0.1) is 11.3 Å². The van der Waals surface area contributed by atoms with Gasteiger partial charge in [0.1, 0.15) is 5.01 Å². The van der Waals surface area contributed by atoms with Gasteiger partial charge in [0.25, 0.3) is 0 Å². The highest BCUT2D eigenvalue weighted by Gasteiger charge is 2.29. The van der Waals surface area contributed by atoms with Gasteiger partial charge in [-0.1, -0.05) is 45.0 Å². The minimum atomic E-state index is 0.197. The first-order valence-electron chi connectivity index (χ1n) is 7.29. The van der Waals surface area contributed by atoms with Crippen molar-refractivity contribution >= 4 is 11.3 Å². The van der Waals surface area contributed by atoms with E-state index in [0.29, 0.717) is 12.5 Å². The molecule has 0 radical (unpaired) electrons. The molecule has 3 heteroatoms. The van der Waals surface area contributed by atoms with Crippen LogP contribution in [0.4, 0.5) is 0 Å². The van der Waals surface area contributed by atoms with E-state index in [1.54, 1.807) is 11.3 Å². The molecule has 1 aromatic carbocycles. The van der Waals surface area contributed by atoms with Crippen LogP contribution in [-0.2, 0) is 12.0 Å². The maximum atomic E-state index is 5.86. The molecule has 0 saturated heterocycles. The Morgan fingerprint density at radius 1 is 1.20 bits per heavy atom. The molecule has 0 atom stereocenters. The second kappa shape index (κ2) is 4.97. The van der Waals surface area contributed by atoms with Crippen LogP contribution in [0.25, 0.3) is 10.6 Å². The van der Waals surface area contributed by atoms with E-state index in [0.717, 1.165) is 5.01 Å². The number of nitrogens with two attached hydrogens (primary N) is 1. The molecule has 106 valence electrons. The molecule has 1 aliphatic rings. The number of thiazole rings is 1. The SMILES string of the molecule is CC(C)(C)c1ccc(-c2nc(C3CC3)c(CN)s2)cc1. The molecular formula is C17H22N2S. The zero-order chi connectivity index (χ0) is 14.3. The zero-order valence-corrected chi connectivity index (χ0v) is 13.3. The zero-order valence-electron chi connectivity index (χ0n) is 12.4. The van der Waals surface area contributed by atoms with Crippen molar-refractivity contribution in [2.75, 3.05) is 0 Å². The molecule has 2 N–H and O–H groups in total. The fourth-order valence-electron chi connectivity index (χ4n) is 2.42. The number of nitrogens with zero attached hydrogens (tertiary/aromatic N) is 1. The predicted molar refractivity (Wildman–Crippen MR) is 86.1 cm³/mol. The summed E-state index contributed by atoms with van der Waals surface area (Å²) < 4.78 is 0. The average molecular weight is 286 g/mol. The Balaban J connectivity index is 1.93. The van der Waals surface area contributed by atoms with Crippen molar-refractivity contribution in [3.8, 4) is 10.6 Å². The maximum Gasteiger partial charge on any atom is 0.123 e. The van der Waals surface area contributed by atoms with Gasteiger partial charge in [0.15, 0.2) is 0 Å². The Hall–Kier alpha value is -1.19. The highest BCUT2D eigenvalue weighted by Crippen LogP contribution is 2.44. The average Bonchev–Trinajstić information content (AvgIpc) is 3.17. The molecule has 0 bridgehead atoms. The number of rotatable bonds is 3. The van der Waals surface area contributed by atoms with Crippen LogP contribution in [0.2, 0.25) is 0 Å². The molecular weight excluding hydrogens is 264 g/mol. The fraction of sp³-hybridized carbons (Fsp3) is 0.471. The lowest BCUT2D eigenvalue weighted by molar-refractivity contribution is 0.590. The van der Waals surface area contributed by atoms with Crippen LogP contribution in [0.3, 0.4) is 0 Å². The van der Waals surface area contributed by atoms with E-state index in [2.05, 4.69) is 45.0 Å². The molecule has 1 saturated carbocycles. The minimum absolute atomic E-state index is 0.197. The van der Waals surface area contributed by atoms with Gasteiger partial charge in [0, 0.05) is 22.9 Å². The molecule has 20 heavy (non-hydrogen) atoms. The van der Waals surface area contributed by atoms with Crippen molar-refractivity contribution < 1.29 is 0 Å². The number of benzene rings is 1. The van der Waals surface area contributed by atoms with Crippen LogP contribution in [0.15, 0.2) is 24.3 Å². The van der Waals surface area contributed by atoms with Gasteiger partial charge in [-0.3, -0.25) is 0 Å². The monoisotopic (exact) mass is 286 g/mol. The van der Waals surface area contributed by atoms with Crippen LogP contribution in [0, 0.1) is 0 Å². The van der Waals surface area contributed by atoms with Gasteiger partial charge >= 0.3 is 0 Å². The van der Waals surface area contributed by atoms with Gasteiger partial charge in [-0.25, -0.2) is 4.98 Å². The Labute approximate surface area is 125 Å². The summed E-state index contributed by atoms with van der Waals surface area (Å²) >= 11 is 1.76. The molecule has 0 unspecified atom stereocenters. The fourth-order valence-corrected chi connectivity index (χ4v) is 3.45. The lowest BCUT2D eigenvalue weighted by Crippen LogP contribution is -2.10. The third-order valence-electron chi connectivity index (χ3n) is 3.87. The first-order valence-corrected chi connectivity index (χ1v) is 8.11. The maximum absolute atomic E-state index is 5.86. The van der Waals surface area contributed by atoms with Crippen molar-refractivity contribution in [3.05, 3.63) is 40.4 Å². The highest BCUT2D eigenvalue weighted by atomic mass is 32.1. The van der Waals surface area contributed by atoms with E-state index in [1.165, 1.54) is 34.5 Å². The van der Waals surface area contributed by atoms with E-state index >= 15 is 0 Å². The van der Waals surface area contributed by atoms with Crippen molar-refractivity contribution in [3.63, 3.8) is 0 Å². The molecule has 0 aliphatic heterocycles. The summed E-state index contributed by atoms with van der Waals surface area (Å²) in [6, 6.07) is 8.82. The van der Waals surface area contributed by atoms with Crippen LogP contribution in [0.5, 0.6) is 0 Å². The van der Waals surface area contributed by atoms with Crippen molar-refractivity contribution in [1.82, 2.24) is 4.98 Å². The van der Waals surface area contributed by atoms with Crippen LogP contribution in [0.1, 0.15) is 55.7 Å². The minimum Gasteiger partial charge on any atom is -0.326 e. The Morgan fingerprint density at radius 2 is 1.85 bits per heavy atom. The second-order valence-corrected chi connectivity index (χ2v) is 7.72. The molecule has 1 heterocycles. The standard InChI is InChI=1S/C17H22N2S/c1-17(2,3)13-8-6-12(7-9-13)16-19-15(11-4-5-11)14(10-18)20-16/h6-9,11H,4-5,10,18H2,1-3H3. The van der Waals surface area contributed by atoms with E-state index in [9.17, 15) is 0 Å². The molecule has 0 spiro atoms. The summed E-state index contributed by atoms with van der Waals surface area (Å²) in [7, 11) is 0. The molecule has 1 fully saturated rings. The van der Waals surface area contributed by atoms with Crippen molar-refractivity contribution in [2.45, 2.75) is 51.5 Å². The van der Waals surface area contributed by atoms with Gasteiger partial charge in [0.2, 0.25) is 0 Å². The van der Waals surface area contributed by atoms with Crippen molar-refractivity contribution in [1.29, 1.82) is 0 Å². The Bertz CT molecular complexity index is 601. The van der Waals surface area contributed by atoms with E-state index in [1.807, 2.05) is 0 Å². The quantitative estimate of drug-likeness (QED) is 0.905. The summed E-state index contributed by atoms with van der Waals surface area (Å²) in [4.78, 5) is 6.11. The third kappa shape index (κ3) is 2.65. The third-order valence-corrected chi connectivity index (χ3v) is 5.02. The topological polar surface area (TPSA) is 38.9 Å².